The lowest BCUT2D eigenvalue weighted by Gasteiger charge is -2.32. The molecule has 3 heterocycles. The van der Waals surface area contributed by atoms with E-state index in [4.69, 9.17) is 9.47 Å². The molecule has 122 valence electrons. The minimum atomic E-state index is -0.328. The van der Waals surface area contributed by atoms with Crippen LogP contribution in [0.1, 0.15) is 28.3 Å². The van der Waals surface area contributed by atoms with Crippen LogP contribution < -0.4 is 10.1 Å². The fourth-order valence-electron chi connectivity index (χ4n) is 2.37. The van der Waals surface area contributed by atoms with Crippen molar-refractivity contribution in [2.75, 3.05) is 13.2 Å². The number of carbonyl (C=O) groups is 1. The number of pyridine rings is 1. The average molecular weight is 318 g/mol. The van der Waals surface area contributed by atoms with E-state index in [0.717, 1.165) is 5.69 Å². The van der Waals surface area contributed by atoms with E-state index < -0.39 is 0 Å². The number of hydrogen-bond donors (Lipinski definition) is 1. The van der Waals surface area contributed by atoms with Gasteiger partial charge in [-0.15, -0.1) is 0 Å². The van der Waals surface area contributed by atoms with E-state index in [1.807, 2.05) is 19.1 Å². The van der Waals surface area contributed by atoms with E-state index in [-0.39, 0.29) is 23.7 Å². The van der Waals surface area contributed by atoms with Crippen LogP contribution in [0, 0.1) is 13.8 Å². The number of rotatable bonds is 4. The number of nitrogens with one attached hydrogen (secondary N) is 1. The second-order valence-corrected chi connectivity index (χ2v) is 5.43. The molecule has 1 amide bonds. The summed E-state index contributed by atoms with van der Waals surface area (Å²) in [6.07, 6.45) is 2.02. The zero-order valence-corrected chi connectivity index (χ0v) is 13.0. The monoisotopic (exact) mass is 318 g/mol. The fourth-order valence-corrected chi connectivity index (χ4v) is 2.37. The molecule has 0 bridgehead atoms. The molecule has 1 N–H and O–H groups in total. The summed E-state index contributed by atoms with van der Waals surface area (Å²) in [6, 6.07) is 3.53. The minimum absolute atomic E-state index is 0.186. The van der Waals surface area contributed by atoms with E-state index in [9.17, 15) is 4.79 Å². The zero-order chi connectivity index (χ0) is 16.2. The van der Waals surface area contributed by atoms with E-state index in [0.29, 0.717) is 31.1 Å². The Hall–Kier alpha value is -2.48. The van der Waals surface area contributed by atoms with Gasteiger partial charge < -0.3 is 14.8 Å². The Morgan fingerprint density at radius 2 is 2.22 bits per heavy atom. The van der Waals surface area contributed by atoms with Crippen LogP contribution in [0.2, 0.25) is 0 Å². The molecule has 0 aromatic carbocycles. The van der Waals surface area contributed by atoms with Gasteiger partial charge in [0.25, 0.3) is 5.91 Å². The smallest absolute Gasteiger partial charge is 0.275 e. The molecule has 1 aliphatic heterocycles. The van der Waals surface area contributed by atoms with Crippen molar-refractivity contribution in [3.05, 3.63) is 35.4 Å². The van der Waals surface area contributed by atoms with Crippen molar-refractivity contribution < 1.29 is 18.9 Å². The maximum absolute atomic E-state index is 12.3. The van der Waals surface area contributed by atoms with Gasteiger partial charge in [0.2, 0.25) is 0 Å². The summed E-state index contributed by atoms with van der Waals surface area (Å²) in [5.41, 5.74) is 1.55. The summed E-state index contributed by atoms with van der Waals surface area (Å²) in [6.45, 7) is 4.54. The van der Waals surface area contributed by atoms with Crippen molar-refractivity contribution in [3.63, 3.8) is 0 Å². The molecular formula is C15H18N4O4. The SMILES string of the molecule is Cc1ccc(OC2COCCC2NC(=O)c2nonc2C)cn1. The molecule has 8 nitrogen and oxygen atoms in total. The number of nitrogens with zero attached hydrogens (tertiary/aromatic N) is 3. The number of amides is 1. The molecule has 2 unspecified atom stereocenters. The lowest BCUT2D eigenvalue weighted by molar-refractivity contribution is -0.0137. The summed E-state index contributed by atoms with van der Waals surface area (Å²) in [5, 5.41) is 10.2. The van der Waals surface area contributed by atoms with Gasteiger partial charge in [0.1, 0.15) is 17.5 Å². The molecule has 23 heavy (non-hydrogen) atoms. The van der Waals surface area contributed by atoms with Crippen LogP contribution in [0.25, 0.3) is 0 Å². The molecule has 1 saturated heterocycles. The third-order valence-electron chi connectivity index (χ3n) is 3.66. The minimum Gasteiger partial charge on any atom is -0.484 e. The van der Waals surface area contributed by atoms with Crippen molar-refractivity contribution in [3.8, 4) is 5.75 Å². The lowest BCUT2D eigenvalue weighted by Crippen LogP contribution is -2.51. The van der Waals surface area contributed by atoms with Crippen molar-refractivity contribution in [2.45, 2.75) is 32.4 Å². The summed E-state index contributed by atoms with van der Waals surface area (Å²) in [5.74, 6) is 0.316. The Bertz CT molecular complexity index is 670. The number of aromatic nitrogens is 3. The molecule has 0 spiro atoms. The van der Waals surface area contributed by atoms with Crippen LogP contribution >= 0.6 is 0 Å². The highest BCUT2D eigenvalue weighted by Gasteiger charge is 2.30. The summed E-state index contributed by atoms with van der Waals surface area (Å²) in [4.78, 5) is 16.5. The van der Waals surface area contributed by atoms with Crippen LogP contribution in [-0.2, 0) is 4.74 Å². The van der Waals surface area contributed by atoms with Crippen molar-refractivity contribution in [1.82, 2.24) is 20.6 Å². The summed E-state index contributed by atoms with van der Waals surface area (Å²) >= 11 is 0. The van der Waals surface area contributed by atoms with Gasteiger partial charge in [0.15, 0.2) is 5.69 Å². The van der Waals surface area contributed by atoms with Gasteiger partial charge in [-0.2, -0.15) is 0 Å². The highest BCUT2D eigenvalue weighted by atomic mass is 16.6. The fraction of sp³-hybridized carbons (Fsp3) is 0.467. The molecule has 2 atom stereocenters. The Kier molecular flexibility index (Phi) is 4.52. The average Bonchev–Trinajstić information content (AvgIpc) is 2.97. The highest BCUT2D eigenvalue weighted by molar-refractivity contribution is 5.93. The van der Waals surface area contributed by atoms with Crippen molar-refractivity contribution >= 4 is 5.91 Å². The second-order valence-electron chi connectivity index (χ2n) is 5.43. The molecule has 2 aromatic heterocycles. The molecule has 3 rings (SSSR count). The maximum atomic E-state index is 12.3. The second kappa shape index (κ2) is 6.74. The number of aryl methyl sites for hydroxylation is 2. The standard InChI is InChI=1S/C15H18N4O4/c1-9-3-4-11(7-16-9)22-13-8-21-6-5-12(13)17-15(20)14-10(2)18-23-19-14/h3-4,7,12-13H,5-6,8H2,1-2H3,(H,17,20). The number of carbonyl (C=O) groups excluding carboxylic acids is 1. The largest absolute Gasteiger partial charge is 0.484 e. The first-order valence-corrected chi connectivity index (χ1v) is 7.40. The van der Waals surface area contributed by atoms with Gasteiger partial charge in [0, 0.05) is 12.3 Å². The van der Waals surface area contributed by atoms with Crippen molar-refractivity contribution in [2.24, 2.45) is 0 Å². The molecule has 0 saturated carbocycles. The van der Waals surface area contributed by atoms with Crippen LogP contribution in [0.5, 0.6) is 5.75 Å². The highest BCUT2D eigenvalue weighted by Crippen LogP contribution is 2.17. The maximum Gasteiger partial charge on any atom is 0.275 e. The first kappa shape index (κ1) is 15.4. The molecular weight excluding hydrogens is 300 g/mol. The summed E-state index contributed by atoms with van der Waals surface area (Å²) < 4.78 is 15.9. The molecule has 8 heteroatoms. The Labute approximate surface area is 133 Å². The summed E-state index contributed by atoms with van der Waals surface area (Å²) in [7, 11) is 0. The normalized spacial score (nSPS) is 21.0. The van der Waals surface area contributed by atoms with Gasteiger partial charge in [-0.25, -0.2) is 4.63 Å². The third kappa shape index (κ3) is 3.65. The van der Waals surface area contributed by atoms with E-state index >= 15 is 0 Å². The van der Waals surface area contributed by atoms with Gasteiger partial charge in [-0.3, -0.25) is 9.78 Å². The number of hydrogen-bond acceptors (Lipinski definition) is 7. The van der Waals surface area contributed by atoms with Crippen LogP contribution in [0.15, 0.2) is 23.0 Å². The molecule has 0 aliphatic carbocycles. The van der Waals surface area contributed by atoms with E-state index in [1.165, 1.54) is 0 Å². The first-order chi connectivity index (χ1) is 11.1. The molecule has 2 aromatic rings. The topological polar surface area (TPSA) is 99.4 Å². The van der Waals surface area contributed by atoms with E-state index in [2.05, 4.69) is 25.2 Å². The van der Waals surface area contributed by atoms with Gasteiger partial charge >= 0.3 is 0 Å². The van der Waals surface area contributed by atoms with Gasteiger partial charge in [-0.1, -0.05) is 5.16 Å². The van der Waals surface area contributed by atoms with Crippen LogP contribution in [0.3, 0.4) is 0 Å². The quantitative estimate of drug-likeness (QED) is 0.899. The third-order valence-corrected chi connectivity index (χ3v) is 3.66. The Morgan fingerprint density at radius 1 is 1.35 bits per heavy atom. The van der Waals surface area contributed by atoms with Crippen molar-refractivity contribution in [1.29, 1.82) is 0 Å². The predicted molar refractivity (Wildman–Crippen MR) is 79.1 cm³/mol. The number of ether oxygens (including phenoxy) is 2. The molecule has 1 aliphatic rings. The van der Waals surface area contributed by atoms with Gasteiger partial charge in [-0.05, 0) is 37.6 Å². The van der Waals surface area contributed by atoms with Crippen LogP contribution in [-0.4, -0.2) is 46.6 Å². The van der Waals surface area contributed by atoms with E-state index in [1.54, 1.807) is 13.1 Å². The van der Waals surface area contributed by atoms with Gasteiger partial charge in [0.05, 0.1) is 18.8 Å². The molecule has 1 fully saturated rings. The first-order valence-electron chi connectivity index (χ1n) is 7.40. The Morgan fingerprint density at radius 3 is 2.91 bits per heavy atom. The predicted octanol–water partition coefficient (Wildman–Crippen LogP) is 1.05. The van der Waals surface area contributed by atoms with Crippen LogP contribution in [0.4, 0.5) is 0 Å². The Balaban J connectivity index is 1.67. The zero-order valence-electron chi connectivity index (χ0n) is 13.0. The molecule has 0 radical (unpaired) electrons. The lowest BCUT2D eigenvalue weighted by atomic mass is 10.1.